The molecule has 3 N–H and O–H groups in total. The van der Waals surface area contributed by atoms with Gasteiger partial charge in [0.2, 0.25) is 0 Å². The molecule has 5 nitrogen and oxygen atoms in total. The second-order valence-electron chi connectivity index (χ2n) is 13.2. The minimum absolute atomic E-state index is 0.211. The zero-order valence-corrected chi connectivity index (χ0v) is 26.4. The van der Waals surface area contributed by atoms with Gasteiger partial charge in [0.25, 0.3) is 0 Å². The molecule has 4 rings (SSSR count). The summed E-state index contributed by atoms with van der Waals surface area (Å²) < 4.78 is 6.01. The van der Waals surface area contributed by atoms with Crippen molar-refractivity contribution >= 4 is 28.6 Å². The van der Waals surface area contributed by atoms with E-state index in [9.17, 15) is 20.1 Å². The molecule has 0 amide bonds. The highest BCUT2D eigenvalue weighted by atomic mass is 127. The molecular formula is C30H53IO5. The zero-order chi connectivity index (χ0) is 27.5. The molecule has 0 saturated heterocycles. The summed E-state index contributed by atoms with van der Waals surface area (Å²) in [6, 6.07) is 0. The van der Waals surface area contributed by atoms with Gasteiger partial charge in [-0.25, -0.2) is 0 Å². The minimum atomic E-state index is -0.953. The molecule has 4 aliphatic carbocycles. The van der Waals surface area contributed by atoms with Crippen LogP contribution in [0, 0.1) is 16.2 Å². The molecule has 0 aromatic carbocycles. The van der Waals surface area contributed by atoms with E-state index in [0.29, 0.717) is 64.2 Å². The third-order valence-corrected chi connectivity index (χ3v) is 13.1. The fourth-order valence-corrected chi connectivity index (χ4v) is 9.69. The van der Waals surface area contributed by atoms with Crippen LogP contribution in [0.5, 0.6) is 0 Å². The van der Waals surface area contributed by atoms with Gasteiger partial charge in [0.15, 0.2) is 0 Å². The highest BCUT2D eigenvalue weighted by Gasteiger charge is 2.78. The third kappa shape index (κ3) is 4.13. The summed E-state index contributed by atoms with van der Waals surface area (Å²) in [5.74, 6) is -0.211. The minimum Gasteiger partial charge on any atom is -0.458 e. The summed E-state index contributed by atoms with van der Waals surface area (Å²) in [6.07, 6.45) is 8.26. The maximum absolute atomic E-state index is 13.6. The summed E-state index contributed by atoms with van der Waals surface area (Å²) in [5, 5.41) is 36.9. The Balaban J connectivity index is 2.35. The lowest BCUT2D eigenvalue weighted by Gasteiger charge is -2.77. The van der Waals surface area contributed by atoms with E-state index in [0.717, 1.165) is 19.3 Å². The quantitative estimate of drug-likeness (QED) is 0.126. The van der Waals surface area contributed by atoms with E-state index >= 15 is 0 Å². The van der Waals surface area contributed by atoms with Gasteiger partial charge in [-0.05, 0) is 90.4 Å². The maximum Gasteiger partial charge on any atom is 0.322 e. The van der Waals surface area contributed by atoms with Crippen LogP contribution in [-0.2, 0) is 9.53 Å². The lowest BCUT2D eigenvalue weighted by atomic mass is 9.30. The van der Waals surface area contributed by atoms with Crippen LogP contribution in [0.3, 0.4) is 0 Å². The molecule has 4 bridgehead atoms. The zero-order valence-electron chi connectivity index (χ0n) is 24.2. The molecule has 210 valence electrons. The molecule has 1 atom stereocenters. The molecule has 36 heavy (non-hydrogen) atoms. The van der Waals surface area contributed by atoms with Crippen molar-refractivity contribution in [3.8, 4) is 0 Å². The molecule has 0 spiro atoms. The van der Waals surface area contributed by atoms with Crippen molar-refractivity contribution in [2.75, 3.05) is 0 Å². The van der Waals surface area contributed by atoms with Gasteiger partial charge >= 0.3 is 5.97 Å². The second-order valence-corrected chi connectivity index (χ2v) is 15.6. The number of ether oxygens (including phenoxy) is 1. The fraction of sp³-hybridized carbons (Fsp3) is 0.967. The van der Waals surface area contributed by atoms with E-state index in [1.165, 1.54) is 0 Å². The first kappa shape index (κ1) is 30.6. The summed E-state index contributed by atoms with van der Waals surface area (Å²) in [6.45, 7) is 16.2. The van der Waals surface area contributed by atoms with Gasteiger partial charge in [-0.15, -0.1) is 0 Å². The lowest BCUT2D eigenvalue weighted by Crippen LogP contribution is -2.77. The highest BCUT2D eigenvalue weighted by Crippen LogP contribution is 2.79. The van der Waals surface area contributed by atoms with Crippen molar-refractivity contribution in [1.82, 2.24) is 0 Å². The van der Waals surface area contributed by atoms with Crippen LogP contribution in [0.2, 0.25) is 0 Å². The van der Waals surface area contributed by atoms with Gasteiger partial charge in [-0.2, -0.15) is 0 Å². The van der Waals surface area contributed by atoms with Gasteiger partial charge < -0.3 is 20.1 Å². The van der Waals surface area contributed by atoms with Gasteiger partial charge in [-0.3, -0.25) is 4.79 Å². The Morgan fingerprint density at radius 2 is 0.917 bits per heavy atom. The van der Waals surface area contributed by atoms with Gasteiger partial charge in [0.05, 0.1) is 16.8 Å². The van der Waals surface area contributed by atoms with Crippen LogP contribution in [0.15, 0.2) is 0 Å². The van der Waals surface area contributed by atoms with Crippen LogP contribution in [0.25, 0.3) is 0 Å². The van der Waals surface area contributed by atoms with E-state index in [1.807, 2.05) is 13.8 Å². The fourth-order valence-electron chi connectivity index (χ4n) is 9.58. The molecule has 0 heterocycles. The number of rotatable bonds is 12. The van der Waals surface area contributed by atoms with E-state index < -0.39 is 42.1 Å². The third-order valence-electron chi connectivity index (χ3n) is 11.9. The predicted octanol–water partition coefficient (Wildman–Crippen LogP) is 6.87. The SMILES string of the molecule is CCC(C)(I)C(=O)OC12CC3(C(O)(CC)CC)CC(C(O)(CC)CC)(C1)CC(C(O)(CC)CC)(C2)C3. The van der Waals surface area contributed by atoms with Gasteiger partial charge in [-0.1, -0.05) is 71.1 Å². The largest absolute Gasteiger partial charge is 0.458 e. The summed E-state index contributed by atoms with van der Waals surface area (Å²) >= 11 is 2.21. The number of carbonyl (C=O) groups is 1. The number of hydrogen-bond donors (Lipinski definition) is 3. The normalized spacial score (nSPS) is 36.1. The van der Waals surface area contributed by atoms with Crippen LogP contribution >= 0.6 is 22.6 Å². The van der Waals surface area contributed by atoms with E-state index in [2.05, 4.69) is 64.1 Å². The average Bonchev–Trinajstić information content (AvgIpc) is 2.85. The number of aliphatic hydroxyl groups is 3. The molecule has 0 aromatic rings. The van der Waals surface area contributed by atoms with Crippen LogP contribution in [0.1, 0.15) is 139 Å². The number of carbonyl (C=O) groups excluding carboxylic acids is 1. The van der Waals surface area contributed by atoms with Gasteiger partial charge in [0, 0.05) is 16.2 Å². The maximum atomic E-state index is 13.6. The van der Waals surface area contributed by atoms with Crippen LogP contribution in [-0.4, -0.2) is 47.1 Å². The van der Waals surface area contributed by atoms with Crippen molar-refractivity contribution in [1.29, 1.82) is 0 Å². The number of esters is 1. The lowest BCUT2D eigenvalue weighted by molar-refractivity contribution is -0.345. The van der Waals surface area contributed by atoms with Crippen molar-refractivity contribution in [3.63, 3.8) is 0 Å². The van der Waals surface area contributed by atoms with Crippen molar-refractivity contribution < 1.29 is 24.9 Å². The van der Waals surface area contributed by atoms with E-state index in [-0.39, 0.29) is 5.97 Å². The Morgan fingerprint density at radius 1 is 0.639 bits per heavy atom. The Labute approximate surface area is 233 Å². The molecule has 4 saturated carbocycles. The average molecular weight is 621 g/mol. The first-order chi connectivity index (χ1) is 16.5. The van der Waals surface area contributed by atoms with Crippen molar-refractivity contribution in [2.45, 2.75) is 165 Å². The Hall–Kier alpha value is 0.0800. The number of halogens is 1. The predicted molar refractivity (Wildman–Crippen MR) is 153 cm³/mol. The monoisotopic (exact) mass is 620 g/mol. The number of alkyl halides is 1. The second kappa shape index (κ2) is 9.62. The molecule has 6 heteroatoms. The highest BCUT2D eigenvalue weighted by molar-refractivity contribution is 14.1. The Kier molecular flexibility index (Phi) is 8.18. The van der Waals surface area contributed by atoms with Crippen molar-refractivity contribution in [2.24, 2.45) is 16.2 Å². The molecule has 0 aromatic heterocycles. The first-order valence-corrected chi connectivity index (χ1v) is 15.7. The molecule has 4 fully saturated rings. The van der Waals surface area contributed by atoms with E-state index in [1.54, 1.807) is 0 Å². The Bertz CT molecular complexity index is 732. The first-order valence-electron chi connectivity index (χ1n) is 14.6. The Morgan fingerprint density at radius 3 is 1.14 bits per heavy atom. The molecule has 0 aliphatic heterocycles. The summed E-state index contributed by atoms with van der Waals surface area (Å²) in [5.41, 5.74) is -5.26. The summed E-state index contributed by atoms with van der Waals surface area (Å²) in [4.78, 5) is 13.6. The number of hydrogen-bond acceptors (Lipinski definition) is 5. The van der Waals surface area contributed by atoms with Gasteiger partial charge in [0.1, 0.15) is 9.02 Å². The molecule has 0 radical (unpaired) electrons. The molecule has 4 aliphatic rings. The van der Waals surface area contributed by atoms with Crippen molar-refractivity contribution in [3.05, 3.63) is 0 Å². The van der Waals surface area contributed by atoms with Crippen LogP contribution in [0.4, 0.5) is 0 Å². The topological polar surface area (TPSA) is 87.0 Å². The molecule has 1 unspecified atom stereocenters. The summed E-state index contributed by atoms with van der Waals surface area (Å²) in [7, 11) is 0. The standard InChI is InChI=1S/C30H53IO5/c1-9-23(8,31)22(32)36-27-19-24(28(33,10-2)11-3)16-25(20-27,29(34,12-4)13-5)18-26(17-24,21-27)30(35,14-6)15-7/h33-35H,9-21H2,1-8H3. The van der Waals surface area contributed by atoms with Crippen LogP contribution < -0.4 is 0 Å². The molecular weight excluding hydrogens is 567 g/mol. The van der Waals surface area contributed by atoms with E-state index in [4.69, 9.17) is 4.74 Å². The smallest absolute Gasteiger partial charge is 0.322 e.